The van der Waals surface area contributed by atoms with Crippen LogP contribution in [-0.4, -0.2) is 55.0 Å². The number of hydrogen-bond donors (Lipinski definition) is 1. The van der Waals surface area contributed by atoms with Crippen LogP contribution in [0.15, 0.2) is 48.7 Å². The molecule has 7 heteroatoms. The second kappa shape index (κ2) is 9.36. The average Bonchev–Trinajstić information content (AvgIpc) is 2.85. The van der Waals surface area contributed by atoms with E-state index in [1.165, 1.54) is 6.07 Å². The van der Waals surface area contributed by atoms with Crippen LogP contribution in [0, 0.1) is 11.2 Å². The minimum atomic E-state index is -0.895. The Hall–Kier alpha value is -2.80. The van der Waals surface area contributed by atoms with Crippen molar-refractivity contribution in [1.29, 1.82) is 0 Å². The van der Waals surface area contributed by atoms with Gasteiger partial charge in [0.2, 0.25) is 11.8 Å². The molecule has 0 aliphatic carbocycles. The third-order valence-corrected chi connectivity index (χ3v) is 6.99. The molecule has 2 saturated heterocycles. The summed E-state index contributed by atoms with van der Waals surface area (Å²) in [5.41, 5.74) is -0.418. The molecular formula is C25H30FN3O3. The molecule has 1 N–H and O–H groups in total. The standard InChI is InChI=1S/C25H30FN3O3/c1-27-22(30)25(21-9-4-5-13-28-21)10-6-14-29(18-25)23(31)24(11-15-32-16-12-24)17-19-7-2-3-8-20(19)26/h2-5,7-9,13H,6,10-12,14-18H2,1H3,(H,27,30). The Balaban J connectivity index is 1.66. The SMILES string of the molecule is CNC(=O)C1(c2ccccn2)CCCN(C(=O)C2(Cc3ccccc3F)CCOCC2)C1. The molecule has 6 nitrogen and oxygen atoms in total. The molecule has 1 atom stereocenters. The number of pyridine rings is 1. The summed E-state index contributed by atoms with van der Waals surface area (Å²) in [4.78, 5) is 33.4. The predicted octanol–water partition coefficient (Wildman–Crippen LogP) is 2.87. The van der Waals surface area contributed by atoms with Gasteiger partial charge in [0, 0.05) is 39.5 Å². The van der Waals surface area contributed by atoms with Gasteiger partial charge in [-0.1, -0.05) is 24.3 Å². The van der Waals surface area contributed by atoms with Crippen LogP contribution in [0.4, 0.5) is 4.39 Å². The van der Waals surface area contributed by atoms with Crippen molar-refractivity contribution >= 4 is 11.8 Å². The lowest BCUT2D eigenvalue weighted by atomic mass is 9.71. The summed E-state index contributed by atoms with van der Waals surface area (Å²) in [6.45, 7) is 1.77. The first-order chi connectivity index (χ1) is 15.5. The van der Waals surface area contributed by atoms with Gasteiger partial charge in [0.15, 0.2) is 0 Å². The number of likely N-dealkylation sites (N-methyl/N-ethyl adjacent to an activating group) is 1. The number of carbonyl (C=O) groups is 2. The molecule has 0 spiro atoms. The molecule has 2 amide bonds. The van der Waals surface area contributed by atoms with Gasteiger partial charge in [0.05, 0.1) is 11.1 Å². The van der Waals surface area contributed by atoms with Crippen LogP contribution in [0.2, 0.25) is 0 Å². The zero-order valence-electron chi connectivity index (χ0n) is 18.5. The fourth-order valence-electron chi connectivity index (χ4n) is 5.19. The van der Waals surface area contributed by atoms with Crippen LogP contribution < -0.4 is 5.32 Å². The molecule has 0 bridgehead atoms. The number of benzene rings is 1. The van der Waals surface area contributed by atoms with Crippen molar-refractivity contribution in [3.8, 4) is 0 Å². The molecule has 2 aromatic rings. The Morgan fingerprint density at radius 3 is 2.56 bits per heavy atom. The van der Waals surface area contributed by atoms with Gasteiger partial charge in [-0.2, -0.15) is 0 Å². The largest absolute Gasteiger partial charge is 0.381 e. The van der Waals surface area contributed by atoms with E-state index in [4.69, 9.17) is 4.74 Å². The van der Waals surface area contributed by atoms with Crippen molar-refractivity contribution in [3.63, 3.8) is 0 Å². The van der Waals surface area contributed by atoms with Gasteiger partial charge < -0.3 is 15.0 Å². The number of halogens is 1. The first kappa shape index (κ1) is 22.4. The van der Waals surface area contributed by atoms with E-state index in [1.54, 1.807) is 36.3 Å². The van der Waals surface area contributed by atoms with E-state index in [0.29, 0.717) is 63.1 Å². The van der Waals surface area contributed by atoms with E-state index in [1.807, 2.05) is 18.2 Å². The monoisotopic (exact) mass is 439 g/mol. The molecule has 170 valence electrons. The number of likely N-dealkylation sites (tertiary alicyclic amines) is 1. The molecule has 1 unspecified atom stereocenters. The number of rotatable bonds is 5. The van der Waals surface area contributed by atoms with Crippen LogP contribution >= 0.6 is 0 Å². The minimum Gasteiger partial charge on any atom is -0.381 e. The molecule has 2 aliphatic rings. The van der Waals surface area contributed by atoms with E-state index in [9.17, 15) is 14.0 Å². The summed E-state index contributed by atoms with van der Waals surface area (Å²) in [6, 6.07) is 12.2. The van der Waals surface area contributed by atoms with E-state index in [0.717, 1.165) is 0 Å². The second-order valence-electron chi connectivity index (χ2n) is 8.87. The topological polar surface area (TPSA) is 71.5 Å². The highest BCUT2D eigenvalue weighted by atomic mass is 19.1. The molecule has 2 fully saturated rings. The van der Waals surface area contributed by atoms with E-state index in [-0.39, 0.29) is 24.2 Å². The van der Waals surface area contributed by atoms with Crippen molar-refractivity contribution in [1.82, 2.24) is 15.2 Å². The van der Waals surface area contributed by atoms with Crippen LogP contribution in [0.3, 0.4) is 0 Å². The van der Waals surface area contributed by atoms with Crippen molar-refractivity contribution in [3.05, 3.63) is 65.7 Å². The highest BCUT2D eigenvalue weighted by Gasteiger charge is 2.50. The Bertz CT molecular complexity index is 962. The third-order valence-electron chi connectivity index (χ3n) is 6.99. The Morgan fingerprint density at radius 1 is 1.12 bits per heavy atom. The number of aromatic nitrogens is 1. The third kappa shape index (κ3) is 4.13. The van der Waals surface area contributed by atoms with Gasteiger partial charge in [0.25, 0.3) is 0 Å². The summed E-state index contributed by atoms with van der Waals surface area (Å²) in [7, 11) is 1.62. The van der Waals surface area contributed by atoms with Crippen molar-refractivity contribution in [2.75, 3.05) is 33.4 Å². The fraction of sp³-hybridized carbons (Fsp3) is 0.480. The molecule has 2 aliphatic heterocycles. The van der Waals surface area contributed by atoms with Gasteiger partial charge >= 0.3 is 0 Å². The quantitative estimate of drug-likeness (QED) is 0.778. The van der Waals surface area contributed by atoms with Crippen molar-refractivity contribution in [2.45, 2.75) is 37.5 Å². The van der Waals surface area contributed by atoms with E-state index >= 15 is 0 Å². The summed E-state index contributed by atoms with van der Waals surface area (Å²) in [5, 5.41) is 2.78. The maximum atomic E-state index is 14.5. The summed E-state index contributed by atoms with van der Waals surface area (Å²) in [6.07, 6.45) is 4.40. The van der Waals surface area contributed by atoms with Crippen LogP contribution in [-0.2, 0) is 26.2 Å². The lowest BCUT2D eigenvalue weighted by molar-refractivity contribution is -0.151. The lowest BCUT2D eigenvalue weighted by Gasteiger charge is -2.46. The molecule has 1 aromatic carbocycles. The number of piperidine rings is 1. The molecule has 3 heterocycles. The van der Waals surface area contributed by atoms with Gasteiger partial charge in [-0.3, -0.25) is 14.6 Å². The fourth-order valence-corrected chi connectivity index (χ4v) is 5.19. The number of ether oxygens (including phenoxy) is 1. The molecule has 32 heavy (non-hydrogen) atoms. The van der Waals surface area contributed by atoms with Crippen molar-refractivity contribution in [2.24, 2.45) is 5.41 Å². The number of amides is 2. The van der Waals surface area contributed by atoms with Gasteiger partial charge in [0.1, 0.15) is 11.2 Å². The number of carbonyl (C=O) groups excluding carboxylic acids is 2. The molecular weight excluding hydrogens is 409 g/mol. The lowest BCUT2D eigenvalue weighted by Crippen LogP contribution is -2.59. The first-order valence-corrected chi connectivity index (χ1v) is 11.2. The zero-order valence-corrected chi connectivity index (χ0v) is 18.5. The number of hydrogen-bond acceptors (Lipinski definition) is 4. The van der Waals surface area contributed by atoms with Crippen LogP contribution in [0.1, 0.15) is 36.9 Å². The maximum absolute atomic E-state index is 14.5. The Labute approximate surface area is 188 Å². The molecule has 4 rings (SSSR count). The molecule has 0 saturated carbocycles. The van der Waals surface area contributed by atoms with Gasteiger partial charge in [-0.05, 0) is 55.9 Å². The van der Waals surface area contributed by atoms with Crippen molar-refractivity contribution < 1.29 is 18.7 Å². The molecule has 1 aromatic heterocycles. The first-order valence-electron chi connectivity index (χ1n) is 11.2. The molecule has 0 radical (unpaired) electrons. The normalized spacial score (nSPS) is 22.9. The smallest absolute Gasteiger partial charge is 0.233 e. The van der Waals surface area contributed by atoms with Crippen LogP contribution in [0.25, 0.3) is 0 Å². The second-order valence-corrected chi connectivity index (χ2v) is 8.87. The Kier molecular flexibility index (Phi) is 6.55. The van der Waals surface area contributed by atoms with Gasteiger partial charge in [-0.15, -0.1) is 0 Å². The van der Waals surface area contributed by atoms with E-state index in [2.05, 4.69) is 10.3 Å². The highest BCUT2D eigenvalue weighted by Crippen LogP contribution is 2.40. The number of nitrogens with zero attached hydrogens (tertiary/aromatic N) is 2. The maximum Gasteiger partial charge on any atom is 0.233 e. The predicted molar refractivity (Wildman–Crippen MR) is 118 cm³/mol. The summed E-state index contributed by atoms with van der Waals surface area (Å²) < 4.78 is 20.1. The summed E-state index contributed by atoms with van der Waals surface area (Å²) >= 11 is 0. The zero-order chi connectivity index (χ0) is 22.6. The minimum absolute atomic E-state index is 0.0204. The Morgan fingerprint density at radius 2 is 1.88 bits per heavy atom. The average molecular weight is 440 g/mol. The number of nitrogens with one attached hydrogen (secondary N) is 1. The van der Waals surface area contributed by atoms with Gasteiger partial charge in [-0.25, -0.2) is 4.39 Å². The summed E-state index contributed by atoms with van der Waals surface area (Å²) in [5.74, 6) is -0.449. The van der Waals surface area contributed by atoms with E-state index < -0.39 is 10.8 Å². The van der Waals surface area contributed by atoms with Crippen LogP contribution in [0.5, 0.6) is 0 Å². The highest BCUT2D eigenvalue weighted by molar-refractivity contribution is 5.90.